The largest absolute Gasteiger partial charge is 0.329 e. The number of hydrogen-bond acceptors (Lipinski definition) is 2. The topological polar surface area (TPSA) is 52.0 Å². The van der Waals surface area contributed by atoms with Gasteiger partial charge in [0.25, 0.3) is 0 Å². The number of nitrogens with two attached hydrogens (primary N) is 2. The molecule has 0 radical (unpaired) electrons. The quantitative estimate of drug-likeness (QED) is 0.812. The van der Waals surface area contributed by atoms with E-state index in [-0.39, 0.29) is 6.04 Å². The van der Waals surface area contributed by atoms with E-state index in [0.717, 1.165) is 19.3 Å². The van der Waals surface area contributed by atoms with Crippen LogP contribution >= 0.6 is 0 Å². The lowest BCUT2D eigenvalue weighted by molar-refractivity contribution is 0.655. The second-order valence-electron chi connectivity index (χ2n) is 4.65. The second-order valence-corrected chi connectivity index (χ2v) is 4.65. The van der Waals surface area contributed by atoms with Gasteiger partial charge in [-0.1, -0.05) is 29.8 Å². The number of rotatable bonds is 3. The Labute approximate surface area is 97.3 Å². The highest BCUT2D eigenvalue weighted by atomic mass is 14.7. The molecule has 0 aromatic heterocycles. The molecular formula is C14H20N2. The maximum absolute atomic E-state index is 5.90. The smallest absolute Gasteiger partial charge is 0.0200 e. The molecule has 2 nitrogen and oxygen atoms in total. The summed E-state index contributed by atoms with van der Waals surface area (Å²) in [7, 11) is 0. The van der Waals surface area contributed by atoms with E-state index in [4.69, 9.17) is 11.5 Å². The standard InChI is InChI=1S/C14H20N2/c1-10-3-2-4-12-6-5-11(8-14(10)12)7-13(16)9-15/h2-4,8,13H,5-7,9,15-16H2,1H3. The first kappa shape index (κ1) is 11.4. The molecule has 0 aliphatic heterocycles. The summed E-state index contributed by atoms with van der Waals surface area (Å²) in [5.41, 5.74) is 17.1. The van der Waals surface area contributed by atoms with E-state index in [1.165, 1.54) is 22.3 Å². The first-order valence-corrected chi connectivity index (χ1v) is 5.94. The van der Waals surface area contributed by atoms with Crippen LogP contribution < -0.4 is 11.5 Å². The van der Waals surface area contributed by atoms with Gasteiger partial charge >= 0.3 is 0 Å². The molecule has 4 N–H and O–H groups in total. The van der Waals surface area contributed by atoms with Crippen molar-refractivity contribution >= 4 is 6.08 Å². The molecule has 0 bridgehead atoms. The van der Waals surface area contributed by atoms with Crippen LogP contribution in [0.2, 0.25) is 0 Å². The van der Waals surface area contributed by atoms with Crippen molar-refractivity contribution in [3.63, 3.8) is 0 Å². The van der Waals surface area contributed by atoms with Crippen LogP contribution in [0, 0.1) is 6.92 Å². The van der Waals surface area contributed by atoms with Crippen molar-refractivity contribution in [1.82, 2.24) is 0 Å². The third-order valence-corrected chi connectivity index (χ3v) is 3.31. The fraction of sp³-hybridized carbons (Fsp3) is 0.429. The summed E-state index contributed by atoms with van der Waals surface area (Å²) in [6, 6.07) is 6.63. The molecule has 2 heteroatoms. The SMILES string of the molecule is Cc1cccc2c1C=C(CC(N)CN)CC2. The Hall–Kier alpha value is -1.12. The van der Waals surface area contributed by atoms with Crippen LogP contribution in [-0.4, -0.2) is 12.6 Å². The summed E-state index contributed by atoms with van der Waals surface area (Å²) < 4.78 is 0. The highest BCUT2D eigenvalue weighted by molar-refractivity contribution is 5.62. The van der Waals surface area contributed by atoms with Gasteiger partial charge in [0, 0.05) is 12.6 Å². The minimum absolute atomic E-state index is 0.108. The van der Waals surface area contributed by atoms with Crippen LogP contribution in [0.1, 0.15) is 29.5 Å². The van der Waals surface area contributed by atoms with E-state index in [2.05, 4.69) is 31.2 Å². The van der Waals surface area contributed by atoms with Crippen LogP contribution in [0.5, 0.6) is 0 Å². The summed E-state index contributed by atoms with van der Waals surface area (Å²) in [6.07, 6.45) is 5.51. The molecule has 86 valence electrons. The average molecular weight is 216 g/mol. The number of aryl methyl sites for hydroxylation is 2. The Morgan fingerprint density at radius 2 is 2.12 bits per heavy atom. The lowest BCUT2D eigenvalue weighted by Crippen LogP contribution is -2.30. The van der Waals surface area contributed by atoms with Gasteiger partial charge < -0.3 is 11.5 Å². The van der Waals surface area contributed by atoms with Crippen LogP contribution in [-0.2, 0) is 6.42 Å². The predicted molar refractivity (Wildman–Crippen MR) is 69.1 cm³/mol. The van der Waals surface area contributed by atoms with E-state index >= 15 is 0 Å². The highest BCUT2D eigenvalue weighted by Gasteiger charge is 2.13. The molecule has 1 aromatic carbocycles. The van der Waals surface area contributed by atoms with Crippen molar-refractivity contribution in [3.05, 3.63) is 40.5 Å². The Morgan fingerprint density at radius 1 is 1.31 bits per heavy atom. The van der Waals surface area contributed by atoms with Gasteiger partial charge in [-0.05, 0) is 42.9 Å². The minimum Gasteiger partial charge on any atom is -0.329 e. The van der Waals surface area contributed by atoms with E-state index in [1.807, 2.05) is 0 Å². The van der Waals surface area contributed by atoms with Gasteiger partial charge in [-0.3, -0.25) is 0 Å². The molecule has 0 spiro atoms. The van der Waals surface area contributed by atoms with Crippen molar-refractivity contribution in [2.45, 2.75) is 32.2 Å². The van der Waals surface area contributed by atoms with Gasteiger partial charge in [-0.15, -0.1) is 0 Å². The fourth-order valence-electron chi connectivity index (χ4n) is 2.32. The molecule has 0 fully saturated rings. The Kier molecular flexibility index (Phi) is 3.42. The molecule has 0 saturated carbocycles. The van der Waals surface area contributed by atoms with Crippen LogP contribution in [0.4, 0.5) is 0 Å². The molecule has 0 amide bonds. The van der Waals surface area contributed by atoms with E-state index in [9.17, 15) is 0 Å². The number of hydrogen-bond donors (Lipinski definition) is 2. The fourth-order valence-corrected chi connectivity index (χ4v) is 2.32. The van der Waals surface area contributed by atoms with Crippen molar-refractivity contribution < 1.29 is 0 Å². The average Bonchev–Trinajstić information content (AvgIpc) is 2.30. The lowest BCUT2D eigenvalue weighted by Gasteiger charge is -2.20. The molecule has 0 heterocycles. The molecule has 2 rings (SSSR count). The minimum atomic E-state index is 0.108. The summed E-state index contributed by atoms with van der Waals surface area (Å²) in [6.45, 7) is 2.74. The van der Waals surface area contributed by atoms with Crippen molar-refractivity contribution in [2.75, 3.05) is 6.54 Å². The lowest BCUT2D eigenvalue weighted by atomic mass is 9.87. The molecule has 1 aliphatic rings. The van der Waals surface area contributed by atoms with Gasteiger partial charge in [-0.2, -0.15) is 0 Å². The van der Waals surface area contributed by atoms with Crippen molar-refractivity contribution in [2.24, 2.45) is 11.5 Å². The number of benzene rings is 1. The maximum atomic E-state index is 5.90. The molecular weight excluding hydrogens is 196 g/mol. The van der Waals surface area contributed by atoms with Crippen LogP contribution in [0.25, 0.3) is 6.08 Å². The number of fused-ring (bicyclic) bond motifs is 1. The highest BCUT2D eigenvalue weighted by Crippen LogP contribution is 2.28. The van der Waals surface area contributed by atoms with E-state index in [0.29, 0.717) is 6.54 Å². The normalized spacial score (nSPS) is 16.6. The van der Waals surface area contributed by atoms with Gasteiger partial charge in [0.1, 0.15) is 0 Å². The molecule has 1 aromatic rings. The zero-order valence-electron chi connectivity index (χ0n) is 9.87. The van der Waals surface area contributed by atoms with Gasteiger partial charge in [-0.25, -0.2) is 0 Å². The monoisotopic (exact) mass is 216 g/mol. The van der Waals surface area contributed by atoms with E-state index in [1.54, 1.807) is 0 Å². The Balaban J connectivity index is 2.23. The molecule has 1 aliphatic carbocycles. The third kappa shape index (κ3) is 2.34. The molecule has 16 heavy (non-hydrogen) atoms. The summed E-state index contributed by atoms with van der Waals surface area (Å²) >= 11 is 0. The van der Waals surface area contributed by atoms with Gasteiger partial charge in [0.15, 0.2) is 0 Å². The molecule has 0 saturated heterocycles. The maximum Gasteiger partial charge on any atom is 0.0200 e. The van der Waals surface area contributed by atoms with Crippen molar-refractivity contribution in [1.29, 1.82) is 0 Å². The zero-order valence-corrected chi connectivity index (χ0v) is 9.87. The van der Waals surface area contributed by atoms with Crippen molar-refractivity contribution in [3.8, 4) is 0 Å². The summed E-state index contributed by atoms with van der Waals surface area (Å²) in [5.74, 6) is 0. The van der Waals surface area contributed by atoms with Crippen LogP contribution in [0.3, 0.4) is 0 Å². The summed E-state index contributed by atoms with van der Waals surface area (Å²) in [4.78, 5) is 0. The Morgan fingerprint density at radius 3 is 2.88 bits per heavy atom. The van der Waals surface area contributed by atoms with Gasteiger partial charge in [0.05, 0.1) is 0 Å². The van der Waals surface area contributed by atoms with Crippen LogP contribution in [0.15, 0.2) is 23.8 Å². The summed E-state index contributed by atoms with van der Waals surface area (Å²) in [5, 5.41) is 0. The first-order valence-electron chi connectivity index (χ1n) is 5.94. The first-order chi connectivity index (χ1) is 7.70. The zero-order chi connectivity index (χ0) is 11.5. The Bertz CT molecular complexity index is 407. The second kappa shape index (κ2) is 4.81. The molecule has 1 unspecified atom stereocenters. The van der Waals surface area contributed by atoms with Gasteiger partial charge in [0.2, 0.25) is 0 Å². The predicted octanol–water partition coefficient (Wildman–Crippen LogP) is 2.00. The molecule has 1 atom stereocenters. The van der Waals surface area contributed by atoms with E-state index < -0.39 is 0 Å². The third-order valence-electron chi connectivity index (χ3n) is 3.31.